The quantitative estimate of drug-likeness (QED) is 0.811. The van der Waals surface area contributed by atoms with E-state index in [0.29, 0.717) is 10.0 Å². The molecule has 100 valence electrons. The van der Waals surface area contributed by atoms with Crippen LogP contribution in [0.15, 0.2) is 46.9 Å². The second-order valence-corrected chi connectivity index (χ2v) is 5.32. The highest BCUT2D eigenvalue weighted by molar-refractivity contribution is 9.10. The predicted octanol–water partition coefficient (Wildman–Crippen LogP) is 2.74. The topological polar surface area (TPSA) is 66.5 Å². The zero-order valence-electron chi connectivity index (χ0n) is 10.4. The zero-order chi connectivity index (χ0) is 13.8. The molecule has 0 aliphatic carbocycles. The summed E-state index contributed by atoms with van der Waals surface area (Å²) in [4.78, 5) is 0. The Balaban J connectivity index is 2.34. The largest absolute Gasteiger partial charge is 0.506 e. The van der Waals surface area contributed by atoms with Gasteiger partial charge in [0.15, 0.2) is 0 Å². The fourth-order valence-electron chi connectivity index (χ4n) is 1.99. The van der Waals surface area contributed by atoms with E-state index < -0.39 is 6.04 Å². The molecule has 4 N–H and O–H groups in total. The Labute approximate surface area is 120 Å². The highest BCUT2D eigenvalue weighted by Crippen LogP contribution is 2.33. The molecule has 0 bridgehead atoms. The van der Waals surface area contributed by atoms with Crippen molar-refractivity contribution >= 4 is 15.9 Å². The molecule has 3 nitrogen and oxygen atoms in total. The van der Waals surface area contributed by atoms with Gasteiger partial charge < -0.3 is 15.9 Å². The molecule has 4 heteroatoms. The van der Waals surface area contributed by atoms with Crippen LogP contribution in [-0.2, 0) is 6.42 Å². The first-order chi connectivity index (χ1) is 9.11. The number of nitrogens with two attached hydrogens (primary N) is 1. The molecule has 0 aliphatic heterocycles. The number of benzene rings is 2. The molecule has 0 heterocycles. The van der Waals surface area contributed by atoms with Gasteiger partial charge in [-0.2, -0.15) is 0 Å². The highest BCUT2D eigenvalue weighted by Gasteiger charge is 2.14. The second-order valence-electron chi connectivity index (χ2n) is 4.47. The third-order valence-corrected chi connectivity index (χ3v) is 3.60. The minimum atomic E-state index is -0.577. The number of rotatable bonds is 4. The van der Waals surface area contributed by atoms with Crippen molar-refractivity contribution < 1.29 is 10.2 Å². The number of phenolic OH excluding ortho intramolecular Hbond substituents is 1. The Hall–Kier alpha value is -1.36. The van der Waals surface area contributed by atoms with Crippen LogP contribution in [0.4, 0.5) is 0 Å². The summed E-state index contributed by atoms with van der Waals surface area (Å²) in [6, 6.07) is 13.2. The third-order valence-electron chi connectivity index (χ3n) is 3.00. The molecule has 2 aromatic rings. The molecule has 2 aromatic carbocycles. The fraction of sp³-hybridized carbons (Fsp3) is 0.200. The Morgan fingerprint density at radius 3 is 2.42 bits per heavy atom. The molecule has 0 amide bonds. The lowest BCUT2D eigenvalue weighted by Gasteiger charge is -2.14. The maximum atomic E-state index is 9.95. The normalized spacial score (nSPS) is 12.4. The van der Waals surface area contributed by atoms with Crippen LogP contribution in [0.2, 0.25) is 0 Å². The molecule has 2 rings (SSSR count). The highest BCUT2D eigenvalue weighted by atomic mass is 79.9. The zero-order valence-corrected chi connectivity index (χ0v) is 12.0. The van der Waals surface area contributed by atoms with E-state index in [9.17, 15) is 5.11 Å². The number of phenols is 1. The first kappa shape index (κ1) is 14.1. The van der Waals surface area contributed by atoms with Gasteiger partial charge in [-0.1, -0.05) is 36.4 Å². The van der Waals surface area contributed by atoms with Gasteiger partial charge in [0, 0.05) is 5.56 Å². The maximum absolute atomic E-state index is 9.95. The number of hydrogen-bond donors (Lipinski definition) is 3. The SMILES string of the molecule is N[C@@H](CO)c1cc(Cc2ccccc2)cc(Br)c1O. The number of halogens is 1. The fourth-order valence-corrected chi connectivity index (χ4v) is 2.52. The van der Waals surface area contributed by atoms with Gasteiger partial charge in [0.1, 0.15) is 5.75 Å². The Morgan fingerprint density at radius 2 is 1.79 bits per heavy atom. The van der Waals surface area contributed by atoms with Crippen LogP contribution in [0.5, 0.6) is 5.75 Å². The van der Waals surface area contributed by atoms with Gasteiger partial charge in [-0.15, -0.1) is 0 Å². The van der Waals surface area contributed by atoms with Crippen LogP contribution in [-0.4, -0.2) is 16.8 Å². The van der Waals surface area contributed by atoms with Crippen molar-refractivity contribution in [3.63, 3.8) is 0 Å². The van der Waals surface area contributed by atoms with Crippen LogP contribution in [0, 0.1) is 0 Å². The van der Waals surface area contributed by atoms with Crippen molar-refractivity contribution in [1.29, 1.82) is 0 Å². The number of aliphatic hydroxyl groups excluding tert-OH is 1. The van der Waals surface area contributed by atoms with Crippen LogP contribution < -0.4 is 5.73 Å². The summed E-state index contributed by atoms with van der Waals surface area (Å²) in [6.07, 6.45) is 0.755. The van der Waals surface area contributed by atoms with Gasteiger partial charge in [0.25, 0.3) is 0 Å². The summed E-state index contributed by atoms with van der Waals surface area (Å²) in [5.41, 5.74) is 8.57. The van der Waals surface area contributed by atoms with Crippen LogP contribution in [0.1, 0.15) is 22.7 Å². The van der Waals surface area contributed by atoms with Crippen LogP contribution in [0.3, 0.4) is 0 Å². The lowest BCUT2D eigenvalue weighted by atomic mass is 9.99. The number of hydrogen-bond acceptors (Lipinski definition) is 3. The number of aliphatic hydroxyl groups is 1. The minimum Gasteiger partial charge on any atom is -0.506 e. The summed E-state index contributed by atoms with van der Waals surface area (Å²) >= 11 is 3.32. The summed E-state index contributed by atoms with van der Waals surface area (Å²) < 4.78 is 0.597. The van der Waals surface area contributed by atoms with Crippen molar-refractivity contribution in [3.05, 3.63) is 63.6 Å². The van der Waals surface area contributed by atoms with Crippen molar-refractivity contribution in [1.82, 2.24) is 0 Å². The molecule has 0 fully saturated rings. The van der Waals surface area contributed by atoms with Gasteiger partial charge >= 0.3 is 0 Å². The van der Waals surface area contributed by atoms with Crippen molar-refractivity contribution in [2.24, 2.45) is 5.73 Å². The summed E-state index contributed by atoms with van der Waals surface area (Å²) in [5, 5.41) is 19.1. The van der Waals surface area contributed by atoms with E-state index in [-0.39, 0.29) is 12.4 Å². The lowest BCUT2D eigenvalue weighted by Crippen LogP contribution is -2.15. The average Bonchev–Trinajstić information content (AvgIpc) is 2.43. The van der Waals surface area contributed by atoms with Crippen LogP contribution in [0.25, 0.3) is 0 Å². The van der Waals surface area contributed by atoms with Gasteiger partial charge in [0.2, 0.25) is 0 Å². The van der Waals surface area contributed by atoms with Crippen LogP contribution >= 0.6 is 15.9 Å². The van der Waals surface area contributed by atoms with E-state index in [1.165, 1.54) is 5.56 Å². The van der Waals surface area contributed by atoms with Crippen molar-refractivity contribution in [2.45, 2.75) is 12.5 Å². The first-order valence-electron chi connectivity index (χ1n) is 6.03. The minimum absolute atomic E-state index is 0.0957. The molecule has 0 spiro atoms. The summed E-state index contributed by atoms with van der Waals surface area (Å²) in [5.74, 6) is 0.0957. The Bertz CT molecular complexity index is 558. The van der Waals surface area contributed by atoms with Gasteiger partial charge in [-0.25, -0.2) is 0 Å². The molecule has 0 saturated heterocycles. The third kappa shape index (κ3) is 3.35. The number of aromatic hydroxyl groups is 1. The molecule has 0 unspecified atom stereocenters. The average molecular weight is 322 g/mol. The maximum Gasteiger partial charge on any atom is 0.134 e. The monoisotopic (exact) mass is 321 g/mol. The molecule has 0 aromatic heterocycles. The van der Waals surface area contributed by atoms with E-state index in [4.69, 9.17) is 10.8 Å². The van der Waals surface area contributed by atoms with Gasteiger partial charge in [0.05, 0.1) is 17.1 Å². The summed E-state index contributed by atoms with van der Waals surface area (Å²) in [7, 11) is 0. The molecular weight excluding hydrogens is 306 g/mol. The predicted molar refractivity (Wildman–Crippen MR) is 79.1 cm³/mol. The molecule has 0 aliphatic rings. The van der Waals surface area contributed by atoms with Crippen molar-refractivity contribution in [2.75, 3.05) is 6.61 Å². The van der Waals surface area contributed by atoms with Gasteiger partial charge in [-0.3, -0.25) is 0 Å². The molecule has 0 radical (unpaired) electrons. The lowest BCUT2D eigenvalue weighted by molar-refractivity contribution is 0.265. The standard InChI is InChI=1S/C15H16BrNO2/c16-13-8-11(6-10-4-2-1-3-5-10)7-12(15(13)19)14(17)9-18/h1-5,7-8,14,18-19H,6,9,17H2/t14-/m0/s1. The van der Waals surface area contributed by atoms with E-state index in [1.807, 2.05) is 42.5 Å². The molecular formula is C15H16BrNO2. The smallest absolute Gasteiger partial charge is 0.134 e. The summed E-state index contributed by atoms with van der Waals surface area (Å²) in [6.45, 7) is -0.200. The van der Waals surface area contributed by atoms with E-state index in [0.717, 1.165) is 12.0 Å². The molecule has 0 saturated carbocycles. The van der Waals surface area contributed by atoms with Gasteiger partial charge in [-0.05, 0) is 39.5 Å². The molecule has 19 heavy (non-hydrogen) atoms. The van der Waals surface area contributed by atoms with E-state index >= 15 is 0 Å². The van der Waals surface area contributed by atoms with E-state index in [1.54, 1.807) is 0 Å². The first-order valence-corrected chi connectivity index (χ1v) is 6.82. The Kier molecular flexibility index (Phi) is 4.58. The molecule has 1 atom stereocenters. The second kappa shape index (κ2) is 6.19. The van der Waals surface area contributed by atoms with E-state index in [2.05, 4.69) is 15.9 Å². The van der Waals surface area contributed by atoms with Crippen molar-refractivity contribution in [3.8, 4) is 5.75 Å². The Morgan fingerprint density at radius 1 is 1.11 bits per heavy atom.